The van der Waals surface area contributed by atoms with Crippen LogP contribution < -0.4 is 5.32 Å². The van der Waals surface area contributed by atoms with Gasteiger partial charge in [0, 0.05) is 18.8 Å². The number of thioether (sulfide) groups is 2. The smallest absolute Gasteiger partial charge is 0.156 e. The SMILES string of the molecule is CSCC(C)CNC1=NCC2(CCCCC2)CS1. The van der Waals surface area contributed by atoms with Gasteiger partial charge in [0.1, 0.15) is 0 Å². The number of amidine groups is 1. The Morgan fingerprint density at radius 3 is 2.78 bits per heavy atom. The lowest BCUT2D eigenvalue weighted by atomic mass is 9.75. The van der Waals surface area contributed by atoms with Crippen molar-refractivity contribution in [2.45, 2.75) is 39.0 Å². The largest absolute Gasteiger partial charge is 0.365 e. The third kappa shape index (κ3) is 4.09. The van der Waals surface area contributed by atoms with Gasteiger partial charge in [-0.3, -0.25) is 4.99 Å². The molecule has 0 aromatic rings. The van der Waals surface area contributed by atoms with Gasteiger partial charge in [-0.2, -0.15) is 11.8 Å². The zero-order valence-electron chi connectivity index (χ0n) is 11.7. The van der Waals surface area contributed by atoms with Crippen molar-refractivity contribution in [3.63, 3.8) is 0 Å². The third-order valence-corrected chi connectivity index (χ3v) is 6.25. The normalized spacial score (nSPS) is 24.7. The van der Waals surface area contributed by atoms with E-state index in [9.17, 15) is 0 Å². The first kappa shape index (κ1) is 14.6. The topological polar surface area (TPSA) is 24.4 Å². The molecule has 1 aliphatic carbocycles. The number of hydrogen-bond acceptors (Lipinski definition) is 4. The molecule has 1 heterocycles. The molecule has 2 nitrogen and oxygen atoms in total. The second kappa shape index (κ2) is 7.09. The Bertz CT molecular complexity index is 286. The maximum Gasteiger partial charge on any atom is 0.156 e. The van der Waals surface area contributed by atoms with Gasteiger partial charge < -0.3 is 5.32 Å². The van der Waals surface area contributed by atoms with Crippen molar-refractivity contribution < 1.29 is 0 Å². The molecule has 2 rings (SSSR count). The summed E-state index contributed by atoms with van der Waals surface area (Å²) in [7, 11) is 0. The van der Waals surface area contributed by atoms with Crippen molar-refractivity contribution >= 4 is 28.7 Å². The Hall–Kier alpha value is 0.170. The van der Waals surface area contributed by atoms with Crippen molar-refractivity contribution in [1.82, 2.24) is 5.32 Å². The van der Waals surface area contributed by atoms with Gasteiger partial charge >= 0.3 is 0 Å². The summed E-state index contributed by atoms with van der Waals surface area (Å²) in [4.78, 5) is 4.80. The van der Waals surface area contributed by atoms with Gasteiger partial charge in [0.2, 0.25) is 0 Å². The molecular formula is C14H26N2S2. The highest BCUT2D eigenvalue weighted by molar-refractivity contribution is 8.13. The highest BCUT2D eigenvalue weighted by atomic mass is 32.2. The maximum absolute atomic E-state index is 4.80. The van der Waals surface area contributed by atoms with Gasteiger partial charge in [-0.1, -0.05) is 37.9 Å². The average Bonchev–Trinajstić information content (AvgIpc) is 2.40. The van der Waals surface area contributed by atoms with Crippen LogP contribution >= 0.6 is 23.5 Å². The number of nitrogens with one attached hydrogen (secondary N) is 1. The lowest BCUT2D eigenvalue weighted by Crippen LogP contribution is -2.38. The van der Waals surface area contributed by atoms with E-state index in [-0.39, 0.29) is 0 Å². The van der Waals surface area contributed by atoms with Gasteiger partial charge in [0.25, 0.3) is 0 Å². The molecule has 0 saturated heterocycles. The molecule has 0 aromatic carbocycles. The van der Waals surface area contributed by atoms with Gasteiger partial charge in [-0.25, -0.2) is 0 Å². The number of nitrogens with zero attached hydrogens (tertiary/aromatic N) is 1. The summed E-state index contributed by atoms with van der Waals surface area (Å²) in [6, 6.07) is 0. The van der Waals surface area contributed by atoms with Gasteiger partial charge in [-0.05, 0) is 36.2 Å². The fraction of sp³-hybridized carbons (Fsp3) is 0.929. The predicted octanol–water partition coefficient (Wildman–Crippen LogP) is 3.63. The van der Waals surface area contributed by atoms with Crippen LogP contribution in [-0.2, 0) is 0 Å². The van der Waals surface area contributed by atoms with Crippen LogP contribution in [-0.4, -0.2) is 36.0 Å². The number of aliphatic imine (C=N–C) groups is 1. The molecule has 4 heteroatoms. The predicted molar refractivity (Wildman–Crippen MR) is 85.8 cm³/mol. The van der Waals surface area contributed by atoms with Crippen molar-refractivity contribution in [3.8, 4) is 0 Å². The van der Waals surface area contributed by atoms with Crippen LogP contribution in [0, 0.1) is 11.3 Å². The average molecular weight is 287 g/mol. The van der Waals surface area contributed by atoms with Crippen LogP contribution in [0.5, 0.6) is 0 Å². The fourth-order valence-electron chi connectivity index (χ4n) is 2.87. The lowest BCUT2D eigenvalue weighted by Gasteiger charge is -2.38. The van der Waals surface area contributed by atoms with E-state index in [2.05, 4.69) is 18.5 Å². The molecule has 0 aromatic heterocycles. The monoisotopic (exact) mass is 286 g/mol. The Morgan fingerprint density at radius 2 is 2.17 bits per heavy atom. The minimum Gasteiger partial charge on any atom is -0.365 e. The molecule has 0 amide bonds. The molecule has 1 N–H and O–H groups in total. The molecule has 104 valence electrons. The zero-order valence-corrected chi connectivity index (χ0v) is 13.3. The summed E-state index contributed by atoms with van der Waals surface area (Å²) in [6.07, 6.45) is 9.26. The minimum absolute atomic E-state index is 0.555. The molecular weight excluding hydrogens is 260 g/mol. The van der Waals surface area contributed by atoms with Crippen LogP contribution in [0.15, 0.2) is 4.99 Å². The van der Waals surface area contributed by atoms with Gasteiger partial charge in [-0.15, -0.1) is 0 Å². The van der Waals surface area contributed by atoms with Crippen molar-refractivity contribution in [2.24, 2.45) is 16.3 Å². The number of hydrogen-bond donors (Lipinski definition) is 1. The molecule has 1 spiro atoms. The van der Waals surface area contributed by atoms with E-state index in [4.69, 9.17) is 4.99 Å². The van der Waals surface area contributed by atoms with E-state index in [0.29, 0.717) is 5.41 Å². The van der Waals surface area contributed by atoms with Crippen LogP contribution in [0.2, 0.25) is 0 Å². The first-order valence-corrected chi connectivity index (χ1v) is 9.52. The molecule has 1 atom stereocenters. The second-order valence-electron chi connectivity index (χ2n) is 5.91. The van der Waals surface area contributed by atoms with E-state index >= 15 is 0 Å². The minimum atomic E-state index is 0.555. The quantitative estimate of drug-likeness (QED) is 0.854. The summed E-state index contributed by atoms with van der Waals surface area (Å²) in [5, 5.41) is 4.72. The lowest BCUT2D eigenvalue weighted by molar-refractivity contribution is 0.232. The molecule has 0 bridgehead atoms. The van der Waals surface area contributed by atoms with Gasteiger partial charge in [0.15, 0.2) is 5.17 Å². The van der Waals surface area contributed by atoms with E-state index < -0.39 is 0 Å². The van der Waals surface area contributed by atoms with Crippen molar-refractivity contribution in [3.05, 3.63) is 0 Å². The van der Waals surface area contributed by atoms with Crippen molar-refractivity contribution in [1.29, 1.82) is 0 Å². The first-order chi connectivity index (χ1) is 8.74. The van der Waals surface area contributed by atoms with E-state index in [1.165, 1.54) is 48.8 Å². The molecule has 1 unspecified atom stereocenters. The highest BCUT2D eigenvalue weighted by Gasteiger charge is 2.34. The molecule has 1 aliphatic heterocycles. The third-order valence-electron chi connectivity index (χ3n) is 4.04. The van der Waals surface area contributed by atoms with E-state index in [1.807, 2.05) is 23.5 Å². The fourth-order valence-corrected chi connectivity index (χ4v) is 4.72. The maximum atomic E-state index is 4.80. The molecule has 2 aliphatic rings. The van der Waals surface area contributed by atoms with E-state index in [1.54, 1.807) is 0 Å². The number of rotatable bonds is 4. The molecule has 0 radical (unpaired) electrons. The van der Waals surface area contributed by atoms with Crippen LogP contribution in [0.4, 0.5) is 0 Å². The molecule has 1 fully saturated rings. The Labute approximate surface area is 120 Å². The van der Waals surface area contributed by atoms with Crippen LogP contribution in [0.25, 0.3) is 0 Å². The molecule has 1 saturated carbocycles. The Morgan fingerprint density at radius 1 is 1.39 bits per heavy atom. The summed E-state index contributed by atoms with van der Waals surface area (Å²) in [6.45, 7) is 4.44. The summed E-state index contributed by atoms with van der Waals surface area (Å²) < 4.78 is 0. The van der Waals surface area contributed by atoms with Gasteiger partial charge in [0.05, 0.1) is 0 Å². The Kier molecular flexibility index (Phi) is 5.74. The van der Waals surface area contributed by atoms with E-state index in [0.717, 1.165) is 19.0 Å². The second-order valence-corrected chi connectivity index (χ2v) is 7.79. The summed E-state index contributed by atoms with van der Waals surface area (Å²) in [5.41, 5.74) is 0.555. The van der Waals surface area contributed by atoms with Crippen LogP contribution in [0.1, 0.15) is 39.0 Å². The first-order valence-electron chi connectivity index (χ1n) is 7.14. The summed E-state index contributed by atoms with van der Waals surface area (Å²) >= 11 is 3.89. The van der Waals surface area contributed by atoms with Crippen LogP contribution in [0.3, 0.4) is 0 Å². The zero-order chi connectivity index (χ0) is 12.8. The molecule has 18 heavy (non-hydrogen) atoms. The van der Waals surface area contributed by atoms with Crippen molar-refractivity contribution in [2.75, 3.05) is 30.9 Å². The summed E-state index contributed by atoms with van der Waals surface area (Å²) in [5.74, 6) is 3.25. The highest BCUT2D eigenvalue weighted by Crippen LogP contribution is 2.41. The Balaban J connectivity index is 1.76. The standard InChI is InChI=1S/C14H26N2S2/c1-12(9-17-2)8-15-13-16-10-14(11-18-13)6-4-3-5-7-14/h12H,3-11H2,1-2H3,(H,15,16).